The van der Waals surface area contributed by atoms with Crippen LogP contribution in [0.1, 0.15) is 86.1 Å². The van der Waals surface area contributed by atoms with Gasteiger partial charge in [0, 0.05) is 56.0 Å². The molecule has 0 unspecified atom stereocenters. The van der Waals surface area contributed by atoms with Crippen LogP contribution in [-0.4, -0.2) is 16.2 Å². The summed E-state index contributed by atoms with van der Waals surface area (Å²) in [5.74, 6) is 0.887. The van der Waals surface area contributed by atoms with Crippen molar-refractivity contribution >= 4 is 44.6 Å². The van der Waals surface area contributed by atoms with Crippen LogP contribution in [0, 0.1) is 32.6 Å². The zero-order chi connectivity index (χ0) is 48.0. The smallest absolute Gasteiger partial charge is 0.184 e. The number of rotatable bonds is 6. The summed E-state index contributed by atoms with van der Waals surface area (Å²) in [6.45, 7) is 21.8. The Morgan fingerprint density at radius 3 is 1.80 bits per heavy atom. The van der Waals surface area contributed by atoms with E-state index in [-0.39, 0.29) is 31.9 Å². The van der Waals surface area contributed by atoms with E-state index in [0.29, 0.717) is 8.97 Å². The van der Waals surface area contributed by atoms with Crippen molar-refractivity contribution in [2.45, 2.75) is 71.6 Å². The molecule has 0 amide bonds. The molecule has 352 valence electrons. The van der Waals surface area contributed by atoms with Crippen LogP contribution in [-0.2, 0) is 37.3 Å². The van der Waals surface area contributed by atoms with E-state index in [4.69, 9.17) is 4.98 Å². The van der Waals surface area contributed by atoms with Crippen LogP contribution in [0.25, 0.3) is 49.9 Å². The normalized spacial score (nSPS) is 18.4. The minimum absolute atomic E-state index is 0. The number of quaternary nitrogens is 2. The van der Waals surface area contributed by atoms with E-state index >= 15 is 0 Å². The van der Waals surface area contributed by atoms with Crippen LogP contribution >= 0.6 is 0 Å². The Morgan fingerprint density at radius 1 is 0.563 bits per heavy atom. The molecule has 1 saturated heterocycles. The molecule has 0 spiro atoms. The first-order valence-corrected chi connectivity index (χ1v) is 24.8. The van der Waals surface area contributed by atoms with Crippen molar-refractivity contribution < 1.29 is 21.1 Å². The van der Waals surface area contributed by atoms with Crippen LogP contribution in [0.3, 0.4) is 0 Å². The van der Waals surface area contributed by atoms with E-state index in [2.05, 4.69) is 255 Å². The summed E-state index contributed by atoms with van der Waals surface area (Å²) in [4.78, 5) is 5.17. The maximum absolute atomic E-state index is 5.17. The Bertz CT molecular complexity index is 3720. The summed E-state index contributed by atoms with van der Waals surface area (Å²) < 4.78 is 3.70. The van der Waals surface area contributed by atoms with E-state index in [1.54, 1.807) is 0 Å². The van der Waals surface area contributed by atoms with E-state index in [1.165, 1.54) is 83.8 Å². The number of para-hydroxylation sites is 1. The second-order valence-electron chi connectivity index (χ2n) is 22.2. The van der Waals surface area contributed by atoms with Gasteiger partial charge in [0.05, 0.1) is 6.67 Å². The van der Waals surface area contributed by atoms with Gasteiger partial charge in [0.1, 0.15) is 11.5 Å². The van der Waals surface area contributed by atoms with Gasteiger partial charge >= 0.3 is 0 Å². The van der Waals surface area contributed by atoms with Crippen LogP contribution in [0.4, 0.5) is 22.7 Å². The molecule has 4 aliphatic rings. The topological polar surface area (TPSA) is 17.8 Å². The summed E-state index contributed by atoms with van der Waals surface area (Å²) in [5.41, 5.74) is 20.9. The van der Waals surface area contributed by atoms with Crippen molar-refractivity contribution in [1.29, 1.82) is 0 Å². The van der Waals surface area contributed by atoms with E-state index in [1.807, 2.05) is 6.20 Å². The first-order valence-electron chi connectivity index (χ1n) is 24.8. The molecule has 71 heavy (non-hydrogen) atoms. The van der Waals surface area contributed by atoms with Crippen molar-refractivity contribution in [3.8, 4) is 28.1 Å². The fourth-order valence-corrected chi connectivity index (χ4v) is 12.3. The van der Waals surface area contributed by atoms with Crippen LogP contribution in [0.2, 0.25) is 0 Å². The molecule has 4 nitrogen and oxygen atoms in total. The quantitative estimate of drug-likeness (QED) is 0.120. The number of nitrogens with zero attached hydrogens (tertiary/aromatic N) is 4. The first kappa shape index (κ1) is 45.5. The Labute approximate surface area is 433 Å². The van der Waals surface area contributed by atoms with Gasteiger partial charge in [-0.15, -0.1) is 34.2 Å². The molecule has 2 atom stereocenters. The molecule has 10 aromatic rings. The third-order valence-corrected chi connectivity index (χ3v) is 16.0. The van der Waals surface area contributed by atoms with Crippen LogP contribution in [0.15, 0.2) is 182 Å². The molecule has 8 aromatic carbocycles. The molecule has 0 saturated carbocycles. The van der Waals surface area contributed by atoms with Crippen LogP contribution < -0.4 is 8.97 Å². The third kappa shape index (κ3) is 6.44. The molecule has 1 aliphatic carbocycles. The second-order valence-corrected chi connectivity index (χ2v) is 22.2. The molecular weight excluding hydrogens is 1040 g/mol. The maximum Gasteiger partial charge on any atom is 0.184 e. The maximum atomic E-state index is 5.17. The summed E-state index contributed by atoms with van der Waals surface area (Å²) >= 11 is 0. The molecule has 5 heterocycles. The molecule has 0 N–H and O–H groups in total. The summed E-state index contributed by atoms with van der Waals surface area (Å²) in [6.07, 6.45) is 1.97. The largest absolute Gasteiger partial charge is 0.319 e. The van der Waals surface area contributed by atoms with E-state index < -0.39 is 5.41 Å². The van der Waals surface area contributed by atoms with Crippen molar-refractivity contribution in [2.75, 3.05) is 6.67 Å². The molecule has 0 radical (unpaired) electrons. The number of hydrogen-bond donors (Lipinski definition) is 0. The number of benzene rings is 8. The Morgan fingerprint density at radius 2 is 1.15 bits per heavy atom. The number of aromatic nitrogens is 2. The predicted molar refractivity (Wildman–Crippen MR) is 291 cm³/mol. The van der Waals surface area contributed by atoms with Gasteiger partial charge in [-0.05, 0) is 110 Å². The summed E-state index contributed by atoms with van der Waals surface area (Å²) in [5, 5.41) is 2.34. The zero-order valence-corrected chi connectivity index (χ0v) is 44.0. The standard InChI is InChI=1S/C66H57N4.Pt/c1-43-34-60-61(35-44(43)2)70(41-69(60,42-70)50-22-13-10-14-23-50)51-37-48(65(6,7)8)36-49(38-51)66(56-27-17-15-24-53(56)54-25-16-18-28-57(54)66)47-30-31-55-59(39-47)68(62-40-46(32-33-67-62)64(3,4)5)58-29-19-26-52(63(55)58)45-20-11-9-12-21-45;/h9-37,40-41H,42H2,1-8H3;/q-1;/t69-,70+;/m0./s1. The van der Waals surface area contributed by atoms with Crippen molar-refractivity contribution in [1.82, 2.24) is 18.5 Å². The van der Waals surface area contributed by atoms with Crippen molar-refractivity contribution in [2.24, 2.45) is 0 Å². The zero-order valence-electron chi connectivity index (χ0n) is 41.7. The van der Waals surface area contributed by atoms with Crippen molar-refractivity contribution in [3.63, 3.8) is 0 Å². The van der Waals surface area contributed by atoms with Crippen molar-refractivity contribution in [3.05, 3.63) is 245 Å². The second kappa shape index (κ2) is 15.9. The van der Waals surface area contributed by atoms with Gasteiger partial charge in [-0.3, -0.25) is 4.48 Å². The van der Waals surface area contributed by atoms with Gasteiger partial charge in [0.2, 0.25) is 0 Å². The average Bonchev–Trinajstić information content (AvgIpc) is 4.04. The number of hydrogen-bond acceptors (Lipinski definition) is 1. The number of aryl methyl sites for hydroxylation is 2. The Balaban J connectivity index is 0.00000517. The number of pyridine rings is 1. The van der Waals surface area contributed by atoms with Gasteiger partial charge in [-0.25, -0.2) is 4.98 Å². The Hall–Kier alpha value is -6.68. The summed E-state index contributed by atoms with van der Waals surface area (Å²) in [6, 6.07) is 74.4. The molecule has 14 rings (SSSR count). The summed E-state index contributed by atoms with van der Waals surface area (Å²) in [7, 11) is 0. The molecule has 2 bridgehead atoms. The van der Waals surface area contributed by atoms with Gasteiger partial charge < -0.3 is 9.05 Å². The average molecular weight is 1100 g/mol. The molecular formula is C66H57N4Pt-. The van der Waals surface area contributed by atoms with Gasteiger partial charge in [0.15, 0.2) is 18.0 Å². The van der Waals surface area contributed by atoms with Gasteiger partial charge in [-0.2, -0.15) is 24.3 Å². The molecule has 5 heteroatoms. The number of fused-ring (bicyclic) bond motifs is 6. The van der Waals surface area contributed by atoms with E-state index in [0.717, 1.165) is 40.0 Å². The first-order chi connectivity index (χ1) is 33.7. The SMILES string of the molecule is Cc1cc2c(cc1C)[N@+]1(c3[c-]c(C4(c5[c-]c6c(cc5)c5c(-c7ccccc7)cccc5n6-c5cc(C(C)(C)C)ccn5)c5ccccc5-c5ccccc54)cc(C(C)(C)C)c3)[CH-][N@@+]2(c2ccccc2)C1.[Pt]. The minimum Gasteiger partial charge on any atom is -0.319 e. The van der Waals surface area contributed by atoms with Gasteiger partial charge in [-0.1, -0.05) is 156 Å². The fourth-order valence-electron chi connectivity index (χ4n) is 12.3. The van der Waals surface area contributed by atoms with E-state index in [9.17, 15) is 0 Å². The van der Waals surface area contributed by atoms with Gasteiger partial charge in [0.25, 0.3) is 0 Å². The monoisotopic (exact) mass is 1100 g/mol. The Kier molecular flexibility index (Phi) is 10.2. The third-order valence-electron chi connectivity index (χ3n) is 16.0. The molecule has 3 aliphatic heterocycles. The minimum atomic E-state index is -0.776. The molecule has 1 fully saturated rings. The fraction of sp³-hybridized carbons (Fsp3) is 0.182. The molecule has 2 aromatic heterocycles. The predicted octanol–water partition coefficient (Wildman–Crippen LogP) is 16.4. The van der Waals surface area contributed by atoms with Crippen LogP contribution in [0.5, 0.6) is 0 Å².